The number of carbonyl (C=O) groups is 1. The molecule has 0 saturated carbocycles. The highest BCUT2D eigenvalue weighted by atomic mass is 16.2. The molecule has 0 spiro atoms. The number of amides is 1. The van der Waals surface area contributed by atoms with E-state index >= 15 is 0 Å². The van der Waals surface area contributed by atoms with E-state index in [0.717, 1.165) is 35.5 Å². The number of hydrogen-bond acceptors (Lipinski definition) is 4. The van der Waals surface area contributed by atoms with Gasteiger partial charge in [-0.25, -0.2) is 0 Å². The van der Waals surface area contributed by atoms with Crippen molar-refractivity contribution in [3.8, 4) is 11.3 Å². The first-order chi connectivity index (χ1) is 12.5. The van der Waals surface area contributed by atoms with Crippen LogP contribution in [0.3, 0.4) is 0 Å². The van der Waals surface area contributed by atoms with Crippen LogP contribution in [0.25, 0.3) is 11.3 Å². The van der Waals surface area contributed by atoms with Crippen molar-refractivity contribution in [1.29, 1.82) is 0 Å². The fourth-order valence-electron chi connectivity index (χ4n) is 3.38. The van der Waals surface area contributed by atoms with Crippen molar-refractivity contribution < 1.29 is 4.79 Å². The van der Waals surface area contributed by atoms with E-state index in [9.17, 15) is 4.79 Å². The van der Waals surface area contributed by atoms with E-state index in [2.05, 4.69) is 63.9 Å². The molecule has 1 aliphatic rings. The molecular weight excluding hydrogens is 328 g/mol. The minimum Gasteiger partial charge on any atom is -0.311 e. The summed E-state index contributed by atoms with van der Waals surface area (Å²) in [6.45, 7) is 7.84. The Labute approximate surface area is 151 Å². The molecule has 3 heterocycles. The number of hydrogen-bond donors (Lipinski definition) is 4. The number of fused-ring (bicyclic) bond motifs is 1. The van der Waals surface area contributed by atoms with Crippen molar-refractivity contribution in [2.24, 2.45) is 0 Å². The molecule has 134 valence electrons. The molecule has 0 radical (unpaired) electrons. The second kappa shape index (κ2) is 6.42. The smallest absolute Gasteiger partial charge is 0.277 e. The number of benzene rings is 1. The van der Waals surface area contributed by atoms with Crippen LogP contribution in [0.2, 0.25) is 0 Å². The summed E-state index contributed by atoms with van der Waals surface area (Å²) in [6, 6.07) is 6.16. The van der Waals surface area contributed by atoms with Gasteiger partial charge in [0.1, 0.15) is 0 Å². The van der Waals surface area contributed by atoms with Crippen LogP contribution in [-0.2, 0) is 13.0 Å². The van der Waals surface area contributed by atoms with Crippen molar-refractivity contribution in [3.05, 3.63) is 51.8 Å². The van der Waals surface area contributed by atoms with Gasteiger partial charge in [-0.1, -0.05) is 6.07 Å². The molecule has 0 aliphatic carbocycles. The number of carbonyl (C=O) groups excluding carboxylic acids is 1. The van der Waals surface area contributed by atoms with E-state index in [4.69, 9.17) is 0 Å². The van der Waals surface area contributed by atoms with Crippen LogP contribution in [0.15, 0.2) is 18.2 Å². The highest BCUT2D eigenvalue weighted by Crippen LogP contribution is 2.26. The Morgan fingerprint density at radius 2 is 1.85 bits per heavy atom. The molecule has 4 rings (SSSR count). The summed E-state index contributed by atoms with van der Waals surface area (Å²) in [5.74, 6) is 0.257. The largest absolute Gasteiger partial charge is 0.311 e. The number of aromatic amines is 2. The van der Waals surface area contributed by atoms with Gasteiger partial charge in [0, 0.05) is 23.7 Å². The van der Waals surface area contributed by atoms with Gasteiger partial charge in [0.2, 0.25) is 0 Å². The van der Waals surface area contributed by atoms with Crippen LogP contribution in [0.5, 0.6) is 0 Å². The number of aromatic nitrogens is 4. The number of H-pyrrole nitrogens is 2. The van der Waals surface area contributed by atoms with Gasteiger partial charge in [-0.05, 0) is 56.5 Å². The maximum atomic E-state index is 12.6. The minimum atomic E-state index is -0.237. The fourth-order valence-corrected chi connectivity index (χ4v) is 3.38. The van der Waals surface area contributed by atoms with Crippen LogP contribution in [0.1, 0.15) is 38.4 Å². The first kappa shape index (κ1) is 16.5. The summed E-state index contributed by atoms with van der Waals surface area (Å²) in [7, 11) is 0. The Kier molecular flexibility index (Phi) is 4.08. The van der Waals surface area contributed by atoms with Gasteiger partial charge in [-0.15, -0.1) is 0 Å². The molecule has 2 aromatic heterocycles. The lowest BCUT2D eigenvalue weighted by Gasteiger charge is -2.12. The molecule has 1 aromatic carbocycles. The molecule has 26 heavy (non-hydrogen) atoms. The summed E-state index contributed by atoms with van der Waals surface area (Å²) in [5.41, 5.74) is 8.05. The number of aryl methyl sites for hydroxylation is 3. The molecule has 1 aliphatic heterocycles. The van der Waals surface area contributed by atoms with Gasteiger partial charge in [-0.3, -0.25) is 15.0 Å². The van der Waals surface area contributed by atoms with Crippen molar-refractivity contribution in [2.75, 3.05) is 11.9 Å². The van der Waals surface area contributed by atoms with Crippen molar-refractivity contribution in [2.45, 2.75) is 33.7 Å². The zero-order valence-electron chi connectivity index (χ0n) is 15.2. The Morgan fingerprint density at radius 1 is 1.04 bits per heavy atom. The van der Waals surface area contributed by atoms with Gasteiger partial charge in [0.25, 0.3) is 5.91 Å². The van der Waals surface area contributed by atoms with Gasteiger partial charge >= 0.3 is 0 Å². The van der Waals surface area contributed by atoms with E-state index in [1.165, 1.54) is 16.7 Å². The monoisotopic (exact) mass is 350 g/mol. The molecule has 7 heteroatoms. The Morgan fingerprint density at radius 3 is 2.69 bits per heavy atom. The van der Waals surface area contributed by atoms with Gasteiger partial charge in [0.15, 0.2) is 11.5 Å². The van der Waals surface area contributed by atoms with Gasteiger partial charge in [0.05, 0.1) is 11.4 Å². The predicted octanol–water partition coefficient (Wildman–Crippen LogP) is 2.62. The summed E-state index contributed by atoms with van der Waals surface area (Å²) >= 11 is 0. The Bertz CT molecular complexity index is 984. The lowest BCUT2D eigenvalue weighted by Crippen LogP contribution is -2.25. The molecule has 0 unspecified atom stereocenters. The van der Waals surface area contributed by atoms with Crippen molar-refractivity contribution in [1.82, 2.24) is 25.7 Å². The highest BCUT2D eigenvalue weighted by molar-refractivity contribution is 6.03. The number of nitrogens with one attached hydrogen (secondary N) is 4. The van der Waals surface area contributed by atoms with E-state index in [0.29, 0.717) is 18.1 Å². The third-order valence-corrected chi connectivity index (χ3v) is 4.97. The first-order valence-electron chi connectivity index (χ1n) is 8.74. The van der Waals surface area contributed by atoms with Crippen LogP contribution >= 0.6 is 0 Å². The predicted molar refractivity (Wildman–Crippen MR) is 100 cm³/mol. The van der Waals surface area contributed by atoms with Crippen LogP contribution < -0.4 is 10.6 Å². The van der Waals surface area contributed by atoms with Crippen LogP contribution in [0.4, 0.5) is 5.82 Å². The number of rotatable bonds is 3. The molecule has 1 amide bonds. The second-order valence-corrected chi connectivity index (χ2v) is 6.83. The molecule has 0 bridgehead atoms. The van der Waals surface area contributed by atoms with E-state index in [1.807, 2.05) is 6.07 Å². The molecule has 7 nitrogen and oxygen atoms in total. The SMILES string of the molecule is Cc1cc(C)c(-c2cc(NC(=O)c3n[nH]c4c3CCNC4)n[nH]2)cc1C. The normalized spacial score (nSPS) is 13.5. The quantitative estimate of drug-likeness (QED) is 0.583. The summed E-state index contributed by atoms with van der Waals surface area (Å²) in [6.07, 6.45) is 0.794. The van der Waals surface area contributed by atoms with Gasteiger partial charge in [-0.2, -0.15) is 10.2 Å². The Balaban J connectivity index is 1.57. The third kappa shape index (κ3) is 2.90. The fraction of sp³-hybridized carbons (Fsp3) is 0.316. The first-order valence-corrected chi connectivity index (χ1v) is 8.74. The minimum absolute atomic E-state index is 0.237. The molecule has 0 saturated heterocycles. The van der Waals surface area contributed by atoms with E-state index in [-0.39, 0.29) is 5.91 Å². The zero-order valence-corrected chi connectivity index (χ0v) is 15.2. The molecule has 3 aromatic rings. The maximum Gasteiger partial charge on any atom is 0.277 e. The highest BCUT2D eigenvalue weighted by Gasteiger charge is 2.22. The molecular formula is C19H22N6O. The topological polar surface area (TPSA) is 98.5 Å². The van der Waals surface area contributed by atoms with E-state index in [1.54, 1.807) is 0 Å². The average Bonchev–Trinajstić information content (AvgIpc) is 3.25. The molecule has 4 N–H and O–H groups in total. The maximum absolute atomic E-state index is 12.6. The molecule has 0 atom stereocenters. The Hall–Kier alpha value is -2.93. The van der Waals surface area contributed by atoms with E-state index < -0.39 is 0 Å². The third-order valence-electron chi connectivity index (χ3n) is 4.97. The average molecular weight is 350 g/mol. The summed E-state index contributed by atoms with van der Waals surface area (Å²) < 4.78 is 0. The number of anilines is 1. The lowest BCUT2D eigenvalue weighted by molar-refractivity contribution is 0.102. The molecule has 0 fully saturated rings. The summed E-state index contributed by atoms with van der Waals surface area (Å²) in [4.78, 5) is 12.6. The zero-order chi connectivity index (χ0) is 18.3. The lowest BCUT2D eigenvalue weighted by atomic mass is 9.99. The standard InChI is InChI=1S/C19H22N6O/c1-10-6-12(3)14(7-11(10)2)15-8-17(24-22-15)21-19(26)18-13-4-5-20-9-16(13)23-25-18/h6-8,20H,4-5,9H2,1-3H3,(H,23,25)(H2,21,22,24,26). The van der Waals surface area contributed by atoms with Crippen molar-refractivity contribution >= 4 is 11.7 Å². The van der Waals surface area contributed by atoms with Gasteiger partial charge < -0.3 is 10.6 Å². The van der Waals surface area contributed by atoms with Crippen molar-refractivity contribution in [3.63, 3.8) is 0 Å². The second-order valence-electron chi connectivity index (χ2n) is 6.83. The summed E-state index contributed by atoms with van der Waals surface area (Å²) in [5, 5.41) is 20.5. The van der Waals surface area contributed by atoms with Crippen LogP contribution in [-0.4, -0.2) is 32.8 Å². The number of nitrogens with zero attached hydrogens (tertiary/aromatic N) is 2. The van der Waals surface area contributed by atoms with Crippen LogP contribution in [0, 0.1) is 20.8 Å².